The quantitative estimate of drug-likeness (QED) is 0.380. The fraction of sp³-hybridized carbons (Fsp3) is 0.481. The van der Waals surface area contributed by atoms with Crippen LogP contribution in [0.15, 0.2) is 36.9 Å². The fourth-order valence-corrected chi connectivity index (χ4v) is 3.94. The minimum Gasteiger partial charge on any atom is -0.496 e. The van der Waals surface area contributed by atoms with Gasteiger partial charge < -0.3 is 9.47 Å². The lowest BCUT2D eigenvalue weighted by molar-refractivity contribution is 0.389. The van der Waals surface area contributed by atoms with Gasteiger partial charge in [0.05, 0.1) is 19.8 Å². The van der Waals surface area contributed by atoms with Gasteiger partial charge in [-0.25, -0.2) is 0 Å². The number of unbranched alkanes of at least 4 members (excludes halogenated alkanes) is 3. The van der Waals surface area contributed by atoms with Gasteiger partial charge in [0.2, 0.25) is 0 Å². The summed E-state index contributed by atoms with van der Waals surface area (Å²) in [5.74, 6) is 1.71. The Morgan fingerprint density at radius 2 is 1.59 bits per heavy atom. The smallest absolute Gasteiger partial charge is 0.130 e. The Bertz CT molecular complexity index is 821. The van der Waals surface area contributed by atoms with E-state index in [0.717, 1.165) is 40.2 Å². The summed E-state index contributed by atoms with van der Waals surface area (Å²) in [5, 5.41) is 0. The Kier molecular flexibility index (Phi) is 7.96. The molecule has 158 valence electrons. The first-order valence-electron chi connectivity index (χ1n) is 10.8. The third-order valence-electron chi connectivity index (χ3n) is 5.85. The summed E-state index contributed by atoms with van der Waals surface area (Å²) >= 11 is 0. The number of benzene rings is 2. The maximum atomic E-state index is 5.89. The van der Waals surface area contributed by atoms with Crippen LogP contribution in [0.3, 0.4) is 0 Å². The van der Waals surface area contributed by atoms with E-state index in [1.807, 2.05) is 6.92 Å². The van der Waals surface area contributed by atoms with Gasteiger partial charge in [-0.1, -0.05) is 82.4 Å². The minimum atomic E-state index is 0.0661. The van der Waals surface area contributed by atoms with Crippen molar-refractivity contribution in [1.82, 2.24) is 0 Å². The second-order valence-corrected chi connectivity index (χ2v) is 8.78. The van der Waals surface area contributed by atoms with Gasteiger partial charge in [0, 0.05) is 0 Å². The molecule has 29 heavy (non-hydrogen) atoms. The highest BCUT2D eigenvalue weighted by Gasteiger charge is 2.25. The number of ether oxygens (including phenoxy) is 2. The zero-order valence-electron chi connectivity index (χ0n) is 19.4. The van der Waals surface area contributed by atoms with Crippen molar-refractivity contribution in [2.75, 3.05) is 14.2 Å². The maximum Gasteiger partial charge on any atom is 0.130 e. The number of aryl methyl sites for hydroxylation is 1. The topological polar surface area (TPSA) is 18.5 Å². The number of hydrogen-bond acceptors (Lipinski definition) is 2. The van der Waals surface area contributed by atoms with E-state index in [0.29, 0.717) is 0 Å². The number of rotatable bonds is 10. The van der Waals surface area contributed by atoms with Gasteiger partial charge in [0.25, 0.3) is 0 Å². The van der Waals surface area contributed by atoms with Crippen molar-refractivity contribution < 1.29 is 9.47 Å². The zero-order valence-corrected chi connectivity index (χ0v) is 19.4. The van der Waals surface area contributed by atoms with Gasteiger partial charge in [0.15, 0.2) is 0 Å². The van der Waals surface area contributed by atoms with E-state index < -0.39 is 0 Å². The summed E-state index contributed by atoms with van der Waals surface area (Å²) in [5.41, 5.74) is 6.80. The summed E-state index contributed by atoms with van der Waals surface area (Å²) < 4.78 is 11.8. The second kappa shape index (κ2) is 10.0. The first-order valence-corrected chi connectivity index (χ1v) is 10.8. The standard InChI is InChI=1S/C27H38O2/c1-9-10-11-12-15-27(5,6)21-17-24(28-7)26(25(18-21)29-8)23-16-20(4)13-14-22(23)19(2)3/h13-14,16-18H,2,9-12,15H2,1,3-8H3. The number of allylic oxidation sites excluding steroid dienone is 1. The van der Waals surface area contributed by atoms with Gasteiger partial charge in [0.1, 0.15) is 11.5 Å². The molecule has 0 radical (unpaired) electrons. The summed E-state index contributed by atoms with van der Waals surface area (Å²) in [6.45, 7) is 15.2. The molecule has 0 saturated carbocycles. The van der Waals surface area contributed by atoms with Crippen molar-refractivity contribution in [2.24, 2.45) is 0 Å². The van der Waals surface area contributed by atoms with Crippen LogP contribution < -0.4 is 9.47 Å². The molecule has 0 spiro atoms. The van der Waals surface area contributed by atoms with Gasteiger partial charge in [-0.2, -0.15) is 0 Å². The molecule has 2 rings (SSSR count). The van der Waals surface area contributed by atoms with E-state index in [9.17, 15) is 0 Å². The third kappa shape index (κ3) is 5.44. The lowest BCUT2D eigenvalue weighted by Gasteiger charge is -2.28. The first-order chi connectivity index (χ1) is 13.7. The van der Waals surface area contributed by atoms with Crippen molar-refractivity contribution in [3.8, 4) is 22.6 Å². The molecule has 0 aliphatic carbocycles. The molecule has 0 unspecified atom stereocenters. The predicted octanol–water partition coefficient (Wildman–Crippen LogP) is 7.96. The molecule has 0 aliphatic heterocycles. The predicted molar refractivity (Wildman–Crippen MR) is 126 cm³/mol. The van der Waals surface area contributed by atoms with Crippen LogP contribution in [-0.4, -0.2) is 14.2 Å². The summed E-state index contributed by atoms with van der Waals surface area (Å²) in [6, 6.07) is 10.8. The Balaban J connectivity index is 2.57. The van der Waals surface area contributed by atoms with Crippen molar-refractivity contribution >= 4 is 5.57 Å². The Labute approximate surface area is 178 Å². The van der Waals surface area contributed by atoms with Crippen LogP contribution in [0.25, 0.3) is 16.7 Å². The Hall–Kier alpha value is -2.22. The SMILES string of the molecule is C=C(C)c1ccc(C)cc1-c1c(OC)cc(C(C)(C)CCCCCC)cc1OC. The van der Waals surface area contributed by atoms with Crippen LogP contribution in [-0.2, 0) is 5.41 Å². The molecule has 2 heteroatoms. The average Bonchev–Trinajstić information content (AvgIpc) is 2.69. The van der Waals surface area contributed by atoms with Crippen molar-refractivity contribution in [3.05, 3.63) is 53.6 Å². The van der Waals surface area contributed by atoms with Crippen molar-refractivity contribution in [1.29, 1.82) is 0 Å². The first kappa shape index (κ1) is 23.1. The minimum absolute atomic E-state index is 0.0661. The van der Waals surface area contributed by atoms with E-state index in [1.54, 1.807) is 14.2 Å². The van der Waals surface area contributed by atoms with E-state index in [4.69, 9.17) is 9.47 Å². The highest BCUT2D eigenvalue weighted by molar-refractivity contribution is 5.87. The molecule has 2 aromatic carbocycles. The van der Waals surface area contributed by atoms with Crippen molar-refractivity contribution in [2.45, 2.75) is 72.1 Å². The van der Waals surface area contributed by atoms with E-state index in [2.05, 4.69) is 64.6 Å². The molecule has 0 amide bonds. The van der Waals surface area contributed by atoms with E-state index in [1.165, 1.54) is 36.8 Å². The average molecular weight is 395 g/mol. The zero-order chi connectivity index (χ0) is 21.6. The molecular weight excluding hydrogens is 356 g/mol. The Morgan fingerprint density at radius 1 is 0.966 bits per heavy atom. The van der Waals surface area contributed by atoms with Gasteiger partial charge in [-0.15, -0.1) is 0 Å². The number of methoxy groups -OCH3 is 2. The second-order valence-electron chi connectivity index (χ2n) is 8.78. The van der Waals surface area contributed by atoms with E-state index in [-0.39, 0.29) is 5.41 Å². The van der Waals surface area contributed by atoms with Crippen LogP contribution in [0.1, 0.15) is 76.5 Å². The highest BCUT2D eigenvalue weighted by atomic mass is 16.5. The molecule has 0 fully saturated rings. The monoisotopic (exact) mass is 394 g/mol. The molecule has 0 heterocycles. The van der Waals surface area contributed by atoms with Crippen LogP contribution in [0.4, 0.5) is 0 Å². The fourth-order valence-electron chi connectivity index (χ4n) is 3.94. The van der Waals surface area contributed by atoms with Crippen LogP contribution in [0.2, 0.25) is 0 Å². The largest absolute Gasteiger partial charge is 0.496 e. The highest BCUT2D eigenvalue weighted by Crippen LogP contribution is 2.45. The molecular formula is C27H38O2. The molecule has 0 saturated heterocycles. The van der Waals surface area contributed by atoms with Crippen LogP contribution in [0, 0.1) is 6.92 Å². The van der Waals surface area contributed by atoms with Gasteiger partial charge in [-0.05, 0) is 54.5 Å². The molecule has 0 aliphatic rings. The van der Waals surface area contributed by atoms with Crippen LogP contribution >= 0.6 is 0 Å². The van der Waals surface area contributed by atoms with E-state index >= 15 is 0 Å². The summed E-state index contributed by atoms with van der Waals surface area (Å²) in [6.07, 6.45) is 6.25. The lowest BCUT2D eigenvalue weighted by atomic mass is 9.78. The van der Waals surface area contributed by atoms with Crippen molar-refractivity contribution in [3.63, 3.8) is 0 Å². The normalized spacial score (nSPS) is 11.4. The third-order valence-corrected chi connectivity index (χ3v) is 5.85. The summed E-state index contributed by atoms with van der Waals surface area (Å²) in [4.78, 5) is 0. The summed E-state index contributed by atoms with van der Waals surface area (Å²) in [7, 11) is 3.49. The molecule has 2 nitrogen and oxygen atoms in total. The maximum absolute atomic E-state index is 5.89. The van der Waals surface area contributed by atoms with Gasteiger partial charge in [-0.3, -0.25) is 0 Å². The lowest BCUT2D eigenvalue weighted by Crippen LogP contribution is -2.17. The molecule has 0 aromatic heterocycles. The molecule has 2 aromatic rings. The molecule has 0 N–H and O–H groups in total. The Morgan fingerprint density at radius 3 is 2.10 bits per heavy atom. The molecule has 0 bridgehead atoms. The molecule has 0 atom stereocenters. The number of hydrogen-bond donors (Lipinski definition) is 0. The van der Waals surface area contributed by atoms with Crippen LogP contribution in [0.5, 0.6) is 11.5 Å². The van der Waals surface area contributed by atoms with Gasteiger partial charge >= 0.3 is 0 Å².